The van der Waals surface area contributed by atoms with E-state index in [1.807, 2.05) is 25.1 Å². The lowest BCUT2D eigenvalue weighted by Gasteiger charge is -2.23. The van der Waals surface area contributed by atoms with E-state index in [1.54, 1.807) is 36.3 Å². The van der Waals surface area contributed by atoms with Gasteiger partial charge in [-0.15, -0.1) is 0 Å². The summed E-state index contributed by atoms with van der Waals surface area (Å²) < 4.78 is 6.94. The molecule has 5 rings (SSSR count). The van der Waals surface area contributed by atoms with Crippen LogP contribution in [0.25, 0.3) is 33.4 Å². The lowest BCUT2D eigenvalue weighted by Crippen LogP contribution is -2.29. The van der Waals surface area contributed by atoms with Crippen molar-refractivity contribution in [2.75, 3.05) is 18.5 Å². The highest BCUT2D eigenvalue weighted by molar-refractivity contribution is 6.33. The topological polar surface area (TPSA) is 94.8 Å². The van der Waals surface area contributed by atoms with Crippen molar-refractivity contribution in [2.45, 2.75) is 25.8 Å². The Balaban J connectivity index is 1.52. The van der Waals surface area contributed by atoms with Gasteiger partial charge in [0.25, 0.3) is 5.56 Å². The van der Waals surface area contributed by atoms with Crippen LogP contribution in [0.2, 0.25) is 5.02 Å². The molecule has 9 heteroatoms. The second kappa shape index (κ2) is 8.88. The van der Waals surface area contributed by atoms with Crippen molar-refractivity contribution in [3.05, 3.63) is 63.9 Å². The average Bonchev–Trinajstić information content (AvgIpc) is 2.83. The summed E-state index contributed by atoms with van der Waals surface area (Å²) in [6.45, 7) is 3.35. The van der Waals surface area contributed by atoms with Gasteiger partial charge in [-0.05, 0) is 31.9 Å². The van der Waals surface area contributed by atoms with Crippen LogP contribution in [0.3, 0.4) is 0 Å². The van der Waals surface area contributed by atoms with Crippen LogP contribution in [-0.4, -0.2) is 43.8 Å². The van der Waals surface area contributed by atoms with Crippen molar-refractivity contribution in [3.63, 3.8) is 0 Å². The van der Waals surface area contributed by atoms with Gasteiger partial charge >= 0.3 is 0 Å². The molecule has 8 nitrogen and oxygen atoms in total. The highest BCUT2D eigenvalue weighted by Crippen LogP contribution is 2.32. The highest BCUT2D eigenvalue weighted by atomic mass is 35.5. The molecule has 0 saturated carbocycles. The fourth-order valence-corrected chi connectivity index (χ4v) is 4.39. The molecule has 0 amide bonds. The van der Waals surface area contributed by atoms with Crippen molar-refractivity contribution in [1.82, 2.24) is 24.5 Å². The third-order valence-electron chi connectivity index (χ3n) is 5.92. The molecule has 0 unspecified atom stereocenters. The van der Waals surface area contributed by atoms with Gasteiger partial charge in [0.2, 0.25) is 5.95 Å². The molecule has 1 N–H and O–H groups in total. The van der Waals surface area contributed by atoms with Crippen LogP contribution < -0.4 is 10.9 Å². The number of halogens is 1. The zero-order valence-corrected chi connectivity index (χ0v) is 19.1. The van der Waals surface area contributed by atoms with Gasteiger partial charge < -0.3 is 10.1 Å². The Labute approximate surface area is 195 Å². The molecule has 0 radical (unpaired) electrons. The molecular formula is C24H23ClN6O2. The number of rotatable bonds is 4. The smallest absolute Gasteiger partial charge is 0.259 e. The minimum atomic E-state index is -0.177. The van der Waals surface area contributed by atoms with Crippen molar-refractivity contribution in [2.24, 2.45) is 7.05 Å². The fourth-order valence-electron chi connectivity index (χ4n) is 4.11. The molecule has 0 atom stereocenters. The van der Waals surface area contributed by atoms with E-state index in [9.17, 15) is 4.79 Å². The van der Waals surface area contributed by atoms with Crippen LogP contribution in [-0.2, 0) is 11.8 Å². The monoisotopic (exact) mass is 462 g/mol. The first-order valence-corrected chi connectivity index (χ1v) is 11.2. The summed E-state index contributed by atoms with van der Waals surface area (Å²) in [6, 6.07) is 7.62. The van der Waals surface area contributed by atoms with Crippen LogP contribution >= 0.6 is 11.6 Å². The van der Waals surface area contributed by atoms with Gasteiger partial charge in [-0.25, -0.2) is 4.98 Å². The molecule has 3 aromatic heterocycles. The summed E-state index contributed by atoms with van der Waals surface area (Å²) in [5.41, 5.74) is 3.94. The molecule has 1 aromatic carbocycles. The molecule has 0 spiro atoms. The predicted molar refractivity (Wildman–Crippen MR) is 128 cm³/mol. The predicted octanol–water partition coefficient (Wildman–Crippen LogP) is 4.01. The summed E-state index contributed by atoms with van der Waals surface area (Å²) in [5, 5.41) is 4.58. The SMILES string of the molecule is Cc1nccnc1-c1ccc(-c2cc3cnc(NC4CCOCC4)nc3n(C)c2=O)c(Cl)c1. The average molecular weight is 463 g/mol. The minimum Gasteiger partial charge on any atom is -0.381 e. The third kappa shape index (κ3) is 4.19. The van der Waals surface area contributed by atoms with Crippen LogP contribution in [0.1, 0.15) is 18.5 Å². The molecule has 1 aliphatic heterocycles. The maximum absolute atomic E-state index is 13.2. The largest absolute Gasteiger partial charge is 0.381 e. The molecule has 0 aliphatic carbocycles. The van der Waals surface area contributed by atoms with E-state index in [4.69, 9.17) is 16.3 Å². The number of nitrogens with one attached hydrogen (secondary N) is 1. The van der Waals surface area contributed by atoms with Gasteiger partial charge in [0, 0.05) is 72.0 Å². The lowest BCUT2D eigenvalue weighted by atomic mass is 10.0. The normalized spacial score (nSPS) is 14.5. The van der Waals surface area contributed by atoms with Crippen LogP contribution in [0.15, 0.2) is 47.7 Å². The van der Waals surface area contributed by atoms with E-state index in [2.05, 4.69) is 25.3 Å². The van der Waals surface area contributed by atoms with Crippen molar-refractivity contribution < 1.29 is 4.74 Å². The Morgan fingerprint density at radius 2 is 1.88 bits per heavy atom. The van der Waals surface area contributed by atoms with Crippen molar-refractivity contribution in [1.29, 1.82) is 0 Å². The van der Waals surface area contributed by atoms with Crippen LogP contribution in [0.4, 0.5) is 5.95 Å². The zero-order chi connectivity index (χ0) is 22.9. The van der Waals surface area contributed by atoms with E-state index >= 15 is 0 Å². The van der Waals surface area contributed by atoms with Gasteiger partial charge in [0.05, 0.1) is 11.4 Å². The van der Waals surface area contributed by atoms with E-state index in [-0.39, 0.29) is 11.6 Å². The second-order valence-electron chi connectivity index (χ2n) is 8.11. The summed E-state index contributed by atoms with van der Waals surface area (Å²) in [5.74, 6) is 0.513. The van der Waals surface area contributed by atoms with Crippen LogP contribution in [0, 0.1) is 6.92 Å². The van der Waals surface area contributed by atoms with Gasteiger partial charge in [-0.3, -0.25) is 19.3 Å². The van der Waals surface area contributed by atoms with Crippen molar-refractivity contribution in [3.8, 4) is 22.4 Å². The molecule has 1 fully saturated rings. The number of hydrogen-bond donors (Lipinski definition) is 1. The number of aromatic nitrogens is 5. The maximum Gasteiger partial charge on any atom is 0.259 e. The second-order valence-corrected chi connectivity index (χ2v) is 8.52. The summed E-state index contributed by atoms with van der Waals surface area (Å²) in [6.07, 6.45) is 6.84. The van der Waals surface area contributed by atoms with Crippen LogP contribution in [0.5, 0.6) is 0 Å². The first kappa shape index (κ1) is 21.5. The number of benzene rings is 1. The van der Waals surface area contributed by atoms with E-state index in [1.165, 1.54) is 0 Å². The summed E-state index contributed by atoms with van der Waals surface area (Å²) >= 11 is 6.63. The Bertz CT molecular complexity index is 1400. The molecule has 168 valence electrons. The zero-order valence-electron chi connectivity index (χ0n) is 18.4. The Morgan fingerprint density at radius 1 is 1.09 bits per heavy atom. The molecule has 4 aromatic rings. The molecule has 33 heavy (non-hydrogen) atoms. The quantitative estimate of drug-likeness (QED) is 0.489. The molecular weight excluding hydrogens is 440 g/mol. The number of anilines is 1. The summed E-state index contributed by atoms with van der Waals surface area (Å²) in [4.78, 5) is 31.0. The van der Waals surface area contributed by atoms with E-state index in [0.717, 1.165) is 48.4 Å². The first-order chi connectivity index (χ1) is 16.0. The summed E-state index contributed by atoms with van der Waals surface area (Å²) in [7, 11) is 1.71. The van der Waals surface area contributed by atoms with Gasteiger partial charge in [0.1, 0.15) is 5.65 Å². The molecule has 1 saturated heterocycles. The number of aryl methyl sites for hydroxylation is 2. The van der Waals surface area contributed by atoms with E-state index < -0.39 is 0 Å². The van der Waals surface area contributed by atoms with Gasteiger partial charge in [-0.2, -0.15) is 4.98 Å². The van der Waals surface area contributed by atoms with E-state index in [0.29, 0.717) is 27.7 Å². The van der Waals surface area contributed by atoms with Crippen molar-refractivity contribution >= 4 is 28.6 Å². The molecule has 1 aliphatic rings. The first-order valence-electron chi connectivity index (χ1n) is 10.8. The lowest BCUT2D eigenvalue weighted by molar-refractivity contribution is 0.0903. The Morgan fingerprint density at radius 3 is 2.64 bits per heavy atom. The molecule has 0 bridgehead atoms. The standard InChI is InChI=1S/C24H23ClN6O2/c1-14-21(27-8-7-26-14)15-3-4-18(20(25)12-15)19-11-16-13-28-24(29-17-5-9-33-10-6-17)30-22(16)31(2)23(19)32/h3-4,7-8,11-13,17H,5-6,9-10H2,1-2H3,(H,28,29,30). The number of pyridine rings is 1. The number of nitrogens with zero attached hydrogens (tertiary/aromatic N) is 5. The Kier molecular flexibility index (Phi) is 5.78. The minimum absolute atomic E-state index is 0.177. The third-order valence-corrected chi connectivity index (χ3v) is 6.23. The van der Waals surface area contributed by atoms with Gasteiger partial charge in [0.15, 0.2) is 0 Å². The number of hydrogen-bond acceptors (Lipinski definition) is 7. The van der Waals surface area contributed by atoms with Gasteiger partial charge in [-0.1, -0.05) is 23.7 Å². The number of ether oxygens (including phenoxy) is 1. The number of fused-ring (bicyclic) bond motifs is 1. The fraction of sp³-hybridized carbons (Fsp3) is 0.292. The maximum atomic E-state index is 13.2. The Hall–Kier alpha value is -3.36. The molecule has 4 heterocycles. The highest BCUT2D eigenvalue weighted by Gasteiger charge is 2.17.